The molecule has 29 heavy (non-hydrogen) atoms. The van der Waals surface area contributed by atoms with Crippen LogP contribution in [0.1, 0.15) is 68.1 Å². The van der Waals surface area contributed by atoms with Crippen molar-refractivity contribution in [3.05, 3.63) is 65.2 Å². The number of nitrogens with two attached hydrogens (primary N) is 1. The van der Waals surface area contributed by atoms with Crippen LogP contribution in [0.3, 0.4) is 0 Å². The summed E-state index contributed by atoms with van der Waals surface area (Å²) in [5, 5.41) is 7.75. The number of carbonyl (C=O) groups excluding carboxylic acids is 2. The highest BCUT2D eigenvalue weighted by molar-refractivity contribution is 5.97. The van der Waals surface area contributed by atoms with Gasteiger partial charge in [-0.25, -0.2) is 0 Å². The SMILES string of the molecule is CCNC(=O)c1cccc(NC(=O)C[NH2+][C@H](c2ccc(C(C)C)cc2)C(C)C)c1. The Balaban J connectivity index is 1.99. The van der Waals surface area contributed by atoms with Crippen LogP contribution in [0.25, 0.3) is 0 Å². The summed E-state index contributed by atoms with van der Waals surface area (Å²) < 4.78 is 0. The minimum Gasteiger partial charge on any atom is -0.352 e. The number of hydrogen-bond acceptors (Lipinski definition) is 2. The van der Waals surface area contributed by atoms with Crippen LogP contribution in [0.15, 0.2) is 48.5 Å². The van der Waals surface area contributed by atoms with E-state index in [2.05, 4.69) is 67.9 Å². The molecule has 5 heteroatoms. The molecule has 2 rings (SSSR count). The molecule has 1 atom stereocenters. The molecular weight excluding hydrogens is 362 g/mol. The summed E-state index contributed by atoms with van der Waals surface area (Å²) in [6.07, 6.45) is 0. The van der Waals surface area contributed by atoms with E-state index in [1.807, 2.05) is 6.92 Å². The third-order valence-corrected chi connectivity index (χ3v) is 5.01. The molecular formula is C24H34N3O2+. The predicted octanol–water partition coefficient (Wildman–Crippen LogP) is 3.46. The number of hydrogen-bond donors (Lipinski definition) is 3. The number of nitrogens with one attached hydrogen (secondary N) is 2. The summed E-state index contributed by atoms with van der Waals surface area (Å²) in [4.78, 5) is 24.4. The van der Waals surface area contributed by atoms with Crippen LogP contribution in [-0.2, 0) is 4.79 Å². The van der Waals surface area contributed by atoms with Gasteiger partial charge in [-0.05, 0) is 36.6 Å². The molecule has 2 amide bonds. The van der Waals surface area contributed by atoms with Crippen LogP contribution in [-0.4, -0.2) is 24.9 Å². The van der Waals surface area contributed by atoms with E-state index in [-0.39, 0.29) is 17.9 Å². The van der Waals surface area contributed by atoms with Gasteiger partial charge in [-0.15, -0.1) is 0 Å². The average Bonchev–Trinajstić information content (AvgIpc) is 2.68. The molecule has 0 radical (unpaired) electrons. The fourth-order valence-electron chi connectivity index (χ4n) is 3.34. The third-order valence-electron chi connectivity index (χ3n) is 5.01. The van der Waals surface area contributed by atoms with E-state index < -0.39 is 0 Å². The highest BCUT2D eigenvalue weighted by atomic mass is 16.2. The average molecular weight is 397 g/mol. The summed E-state index contributed by atoms with van der Waals surface area (Å²) in [5.41, 5.74) is 3.73. The summed E-state index contributed by atoms with van der Waals surface area (Å²) in [7, 11) is 0. The monoisotopic (exact) mass is 396 g/mol. The van der Waals surface area contributed by atoms with Gasteiger partial charge >= 0.3 is 0 Å². The maximum atomic E-state index is 12.5. The second-order valence-corrected chi connectivity index (χ2v) is 8.02. The highest BCUT2D eigenvalue weighted by Crippen LogP contribution is 2.21. The Bertz CT molecular complexity index is 813. The Morgan fingerprint density at radius 1 is 0.966 bits per heavy atom. The first-order chi connectivity index (χ1) is 13.8. The van der Waals surface area contributed by atoms with E-state index in [4.69, 9.17) is 0 Å². The molecule has 156 valence electrons. The number of anilines is 1. The first kappa shape index (κ1) is 22.6. The van der Waals surface area contributed by atoms with E-state index in [9.17, 15) is 9.59 Å². The quantitative estimate of drug-likeness (QED) is 0.607. The molecule has 2 aromatic carbocycles. The van der Waals surface area contributed by atoms with E-state index in [1.54, 1.807) is 24.3 Å². The second kappa shape index (κ2) is 10.8. The van der Waals surface area contributed by atoms with Crippen molar-refractivity contribution in [3.63, 3.8) is 0 Å². The van der Waals surface area contributed by atoms with Crippen molar-refractivity contribution in [2.24, 2.45) is 5.92 Å². The molecule has 4 N–H and O–H groups in total. The molecule has 0 unspecified atom stereocenters. The molecule has 0 fully saturated rings. The van der Waals surface area contributed by atoms with Gasteiger partial charge < -0.3 is 16.0 Å². The molecule has 0 aromatic heterocycles. The predicted molar refractivity (Wildman–Crippen MR) is 118 cm³/mol. The van der Waals surface area contributed by atoms with Gasteiger partial charge in [-0.1, -0.05) is 58.0 Å². The molecule has 0 aliphatic rings. The fraction of sp³-hybridized carbons (Fsp3) is 0.417. The van der Waals surface area contributed by atoms with Gasteiger partial charge in [0.15, 0.2) is 6.54 Å². The first-order valence-electron chi connectivity index (χ1n) is 10.4. The van der Waals surface area contributed by atoms with Crippen LogP contribution in [0.5, 0.6) is 0 Å². The number of rotatable bonds is 9. The first-order valence-corrected chi connectivity index (χ1v) is 10.4. The van der Waals surface area contributed by atoms with Crippen LogP contribution in [0, 0.1) is 5.92 Å². The van der Waals surface area contributed by atoms with Gasteiger partial charge in [0.1, 0.15) is 6.04 Å². The molecule has 0 saturated carbocycles. The standard InChI is InChI=1S/C24H33N3O2/c1-6-25-24(29)20-8-7-9-21(14-20)27-22(28)15-26-23(17(4)5)19-12-10-18(11-13-19)16(2)3/h7-14,16-17,23,26H,6,15H2,1-5H3,(H,25,29)(H,27,28)/p+1/t23-/m0/s1. The Morgan fingerprint density at radius 3 is 2.21 bits per heavy atom. The number of quaternary nitrogens is 1. The summed E-state index contributed by atoms with van der Waals surface area (Å²) in [6, 6.07) is 15.9. The molecule has 0 saturated heterocycles. The minimum atomic E-state index is -0.139. The molecule has 0 aliphatic heterocycles. The normalized spacial score (nSPS) is 12.1. The van der Waals surface area contributed by atoms with Gasteiger partial charge in [0.2, 0.25) is 0 Å². The maximum absolute atomic E-state index is 12.5. The zero-order valence-electron chi connectivity index (χ0n) is 18.2. The maximum Gasteiger partial charge on any atom is 0.279 e. The lowest BCUT2D eigenvalue weighted by Gasteiger charge is -2.20. The van der Waals surface area contributed by atoms with Crippen LogP contribution < -0.4 is 16.0 Å². The Labute approximate surface area is 174 Å². The third kappa shape index (κ3) is 6.71. The van der Waals surface area contributed by atoms with Crippen molar-refractivity contribution in [1.29, 1.82) is 0 Å². The van der Waals surface area contributed by atoms with Gasteiger partial charge in [0, 0.05) is 29.3 Å². The van der Waals surface area contributed by atoms with Crippen LogP contribution in [0.4, 0.5) is 5.69 Å². The molecule has 0 spiro atoms. The van der Waals surface area contributed by atoms with E-state index in [1.165, 1.54) is 11.1 Å². The van der Waals surface area contributed by atoms with Crippen molar-refractivity contribution >= 4 is 17.5 Å². The topological polar surface area (TPSA) is 74.8 Å². The molecule has 2 aromatic rings. The van der Waals surface area contributed by atoms with Crippen molar-refractivity contribution in [2.75, 3.05) is 18.4 Å². The zero-order valence-corrected chi connectivity index (χ0v) is 18.2. The van der Waals surface area contributed by atoms with E-state index in [0.717, 1.165) is 0 Å². The number of carbonyl (C=O) groups is 2. The van der Waals surface area contributed by atoms with Crippen molar-refractivity contribution < 1.29 is 14.9 Å². The van der Waals surface area contributed by atoms with Gasteiger partial charge in [-0.3, -0.25) is 9.59 Å². The Hall–Kier alpha value is -2.66. The fourth-order valence-corrected chi connectivity index (χ4v) is 3.34. The second-order valence-electron chi connectivity index (χ2n) is 8.02. The van der Waals surface area contributed by atoms with Crippen molar-refractivity contribution in [3.8, 4) is 0 Å². The summed E-state index contributed by atoms with van der Waals surface area (Å²) >= 11 is 0. The van der Waals surface area contributed by atoms with Gasteiger partial charge in [0.05, 0.1) is 0 Å². The minimum absolute atomic E-state index is 0.0810. The molecule has 0 heterocycles. The Morgan fingerprint density at radius 2 is 1.62 bits per heavy atom. The smallest absolute Gasteiger partial charge is 0.279 e. The summed E-state index contributed by atoms with van der Waals surface area (Å²) in [5.74, 6) is 0.683. The highest BCUT2D eigenvalue weighted by Gasteiger charge is 2.21. The zero-order chi connectivity index (χ0) is 21.4. The van der Waals surface area contributed by atoms with E-state index in [0.29, 0.717) is 36.2 Å². The van der Waals surface area contributed by atoms with Gasteiger partial charge in [-0.2, -0.15) is 0 Å². The van der Waals surface area contributed by atoms with Crippen molar-refractivity contribution in [1.82, 2.24) is 5.32 Å². The van der Waals surface area contributed by atoms with Crippen molar-refractivity contribution in [2.45, 2.75) is 46.6 Å². The Kier molecular flexibility index (Phi) is 8.40. The van der Waals surface area contributed by atoms with Crippen LogP contribution in [0.2, 0.25) is 0 Å². The lowest BCUT2D eigenvalue weighted by atomic mass is 9.93. The largest absolute Gasteiger partial charge is 0.352 e. The lowest BCUT2D eigenvalue weighted by Crippen LogP contribution is -2.88. The van der Waals surface area contributed by atoms with Crippen LogP contribution >= 0.6 is 0 Å². The molecule has 0 bridgehead atoms. The summed E-state index contributed by atoms with van der Waals surface area (Å²) in [6.45, 7) is 11.5. The number of benzene rings is 2. The molecule has 0 aliphatic carbocycles. The van der Waals surface area contributed by atoms with Gasteiger partial charge in [0.25, 0.3) is 11.8 Å². The number of amides is 2. The molecule has 5 nitrogen and oxygen atoms in total. The van der Waals surface area contributed by atoms with E-state index >= 15 is 0 Å². The lowest BCUT2D eigenvalue weighted by molar-refractivity contribution is -0.692.